The summed E-state index contributed by atoms with van der Waals surface area (Å²) in [5, 5.41) is 10.6. The quantitative estimate of drug-likeness (QED) is 0.454. The number of hydrogen-bond donors (Lipinski definition) is 2. The lowest BCUT2D eigenvalue weighted by Crippen LogP contribution is -2.09. The molecule has 0 atom stereocenters. The first-order valence-corrected chi connectivity index (χ1v) is 3.48. The highest BCUT2D eigenvalue weighted by Gasteiger charge is 2.19. The molecular formula is C7H10ClN3O3. The summed E-state index contributed by atoms with van der Waals surface area (Å²) in [5.41, 5.74) is 2.30. The minimum atomic E-state index is -0.548. The number of nitro benzene ring substituents is 1. The molecule has 1 aromatic carbocycles. The van der Waals surface area contributed by atoms with E-state index in [0.717, 1.165) is 0 Å². The molecule has 78 valence electrons. The average Bonchev–Trinajstić information content (AvgIpc) is 2.16. The van der Waals surface area contributed by atoms with Gasteiger partial charge in [-0.1, -0.05) is 6.07 Å². The second kappa shape index (κ2) is 5.25. The Kier molecular flexibility index (Phi) is 4.68. The number of methoxy groups -OCH3 is 1. The molecule has 0 spiro atoms. The fourth-order valence-corrected chi connectivity index (χ4v) is 0.992. The van der Waals surface area contributed by atoms with Crippen LogP contribution in [0.3, 0.4) is 0 Å². The molecule has 0 aliphatic rings. The maximum atomic E-state index is 10.6. The van der Waals surface area contributed by atoms with Crippen molar-refractivity contribution in [1.82, 2.24) is 0 Å². The lowest BCUT2D eigenvalue weighted by atomic mass is 10.2. The van der Waals surface area contributed by atoms with Crippen molar-refractivity contribution < 1.29 is 9.66 Å². The second-order valence-corrected chi connectivity index (χ2v) is 2.26. The van der Waals surface area contributed by atoms with E-state index in [0.29, 0.717) is 0 Å². The first-order chi connectivity index (χ1) is 6.20. The maximum absolute atomic E-state index is 10.6. The SMILES string of the molecule is COc1cccc(NN)c1[N+](=O)[O-].Cl. The Hall–Kier alpha value is -1.53. The lowest BCUT2D eigenvalue weighted by molar-refractivity contribution is -0.384. The van der Waals surface area contributed by atoms with Crippen LogP contribution in [0.4, 0.5) is 11.4 Å². The van der Waals surface area contributed by atoms with E-state index in [1.807, 2.05) is 0 Å². The number of nitro groups is 1. The van der Waals surface area contributed by atoms with Crippen molar-refractivity contribution in [3.63, 3.8) is 0 Å². The molecule has 0 saturated carbocycles. The Morgan fingerprint density at radius 1 is 1.57 bits per heavy atom. The van der Waals surface area contributed by atoms with Gasteiger partial charge in [-0.15, -0.1) is 12.4 Å². The third-order valence-electron chi connectivity index (χ3n) is 1.56. The van der Waals surface area contributed by atoms with E-state index in [1.54, 1.807) is 6.07 Å². The Bertz CT molecular complexity index is 310. The lowest BCUT2D eigenvalue weighted by Gasteiger charge is -2.05. The van der Waals surface area contributed by atoms with Crippen molar-refractivity contribution in [3.05, 3.63) is 28.3 Å². The van der Waals surface area contributed by atoms with Gasteiger partial charge in [-0.05, 0) is 12.1 Å². The Balaban J connectivity index is 0.00000169. The van der Waals surface area contributed by atoms with Crippen molar-refractivity contribution in [2.24, 2.45) is 5.84 Å². The molecule has 0 saturated heterocycles. The molecule has 6 nitrogen and oxygen atoms in total. The number of hydrazine groups is 1. The molecule has 7 heteroatoms. The van der Waals surface area contributed by atoms with Crippen LogP contribution in [0.15, 0.2) is 18.2 Å². The molecule has 1 aromatic rings. The van der Waals surface area contributed by atoms with Crippen molar-refractivity contribution in [2.45, 2.75) is 0 Å². The van der Waals surface area contributed by atoms with Gasteiger partial charge >= 0.3 is 5.69 Å². The molecule has 0 fully saturated rings. The molecule has 14 heavy (non-hydrogen) atoms. The fourth-order valence-electron chi connectivity index (χ4n) is 0.992. The number of para-hydroxylation sites is 1. The van der Waals surface area contributed by atoms with Crippen LogP contribution in [-0.4, -0.2) is 12.0 Å². The summed E-state index contributed by atoms with van der Waals surface area (Å²) in [5.74, 6) is 5.28. The van der Waals surface area contributed by atoms with Gasteiger partial charge in [0, 0.05) is 0 Å². The number of nitrogen functional groups attached to an aromatic ring is 1. The minimum absolute atomic E-state index is 0. The Morgan fingerprint density at radius 3 is 2.64 bits per heavy atom. The third-order valence-corrected chi connectivity index (χ3v) is 1.56. The molecule has 3 N–H and O–H groups in total. The third kappa shape index (κ3) is 2.24. The standard InChI is InChI=1S/C7H9N3O3.ClH/c1-13-6-4-2-3-5(9-8)7(6)10(11)12;/h2-4,9H,8H2,1H3;1H. The number of anilines is 1. The van der Waals surface area contributed by atoms with Gasteiger partial charge in [0.1, 0.15) is 5.69 Å². The smallest absolute Gasteiger partial charge is 0.335 e. The van der Waals surface area contributed by atoms with Gasteiger partial charge in [-0.25, -0.2) is 0 Å². The summed E-state index contributed by atoms with van der Waals surface area (Å²) in [6, 6.07) is 4.61. The van der Waals surface area contributed by atoms with E-state index in [2.05, 4.69) is 5.43 Å². The molecule has 0 bridgehead atoms. The summed E-state index contributed by atoms with van der Waals surface area (Å²) in [7, 11) is 1.36. The monoisotopic (exact) mass is 219 g/mol. The van der Waals surface area contributed by atoms with E-state index in [9.17, 15) is 10.1 Å². The Morgan fingerprint density at radius 2 is 2.21 bits per heavy atom. The number of nitrogens with zero attached hydrogens (tertiary/aromatic N) is 1. The van der Waals surface area contributed by atoms with Crippen LogP contribution < -0.4 is 16.0 Å². The molecule has 0 radical (unpaired) electrons. The number of hydrogen-bond acceptors (Lipinski definition) is 5. The number of benzene rings is 1. The molecule has 0 heterocycles. The minimum Gasteiger partial charge on any atom is -0.490 e. The number of nitrogens with two attached hydrogens (primary N) is 1. The van der Waals surface area contributed by atoms with E-state index < -0.39 is 4.92 Å². The summed E-state index contributed by atoms with van der Waals surface area (Å²) >= 11 is 0. The van der Waals surface area contributed by atoms with E-state index in [1.165, 1.54) is 19.2 Å². The van der Waals surface area contributed by atoms with Gasteiger partial charge in [0.25, 0.3) is 0 Å². The number of nitrogens with one attached hydrogen (secondary N) is 1. The van der Waals surface area contributed by atoms with Crippen LogP contribution in [0, 0.1) is 10.1 Å². The highest BCUT2D eigenvalue weighted by molar-refractivity contribution is 5.85. The molecule has 0 aliphatic carbocycles. The highest BCUT2D eigenvalue weighted by atomic mass is 35.5. The van der Waals surface area contributed by atoms with Gasteiger partial charge < -0.3 is 10.2 Å². The van der Waals surface area contributed by atoms with Crippen LogP contribution >= 0.6 is 12.4 Å². The summed E-state index contributed by atoms with van der Waals surface area (Å²) in [4.78, 5) is 10.0. The maximum Gasteiger partial charge on any atom is 0.335 e. The second-order valence-electron chi connectivity index (χ2n) is 2.26. The van der Waals surface area contributed by atoms with Crippen LogP contribution in [0.1, 0.15) is 0 Å². The average molecular weight is 220 g/mol. The first-order valence-electron chi connectivity index (χ1n) is 3.48. The Labute approximate surface area is 86.6 Å². The van der Waals surface area contributed by atoms with Crippen LogP contribution in [0.2, 0.25) is 0 Å². The molecule has 0 aromatic heterocycles. The fraction of sp³-hybridized carbons (Fsp3) is 0.143. The van der Waals surface area contributed by atoms with Crippen LogP contribution in [-0.2, 0) is 0 Å². The molecule has 1 rings (SSSR count). The molecular weight excluding hydrogens is 210 g/mol. The van der Waals surface area contributed by atoms with Crippen molar-refractivity contribution in [3.8, 4) is 5.75 Å². The van der Waals surface area contributed by atoms with E-state index >= 15 is 0 Å². The zero-order valence-electron chi connectivity index (χ0n) is 7.39. The molecule has 0 aliphatic heterocycles. The summed E-state index contributed by atoms with van der Waals surface area (Å²) in [6.07, 6.45) is 0. The number of halogens is 1. The zero-order chi connectivity index (χ0) is 9.84. The largest absolute Gasteiger partial charge is 0.490 e. The van der Waals surface area contributed by atoms with Gasteiger partial charge in [0.15, 0.2) is 5.75 Å². The number of rotatable bonds is 3. The van der Waals surface area contributed by atoms with Crippen LogP contribution in [0.25, 0.3) is 0 Å². The van der Waals surface area contributed by atoms with E-state index in [-0.39, 0.29) is 29.5 Å². The topological polar surface area (TPSA) is 90.4 Å². The number of ether oxygens (including phenoxy) is 1. The van der Waals surface area contributed by atoms with Crippen molar-refractivity contribution >= 4 is 23.8 Å². The first kappa shape index (κ1) is 12.5. The van der Waals surface area contributed by atoms with Gasteiger partial charge in [-0.2, -0.15) is 0 Å². The zero-order valence-corrected chi connectivity index (χ0v) is 8.21. The van der Waals surface area contributed by atoms with Gasteiger partial charge in [0.2, 0.25) is 0 Å². The predicted molar refractivity (Wildman–Crippen MR) is 54.7 cm³/mol. The van der Waals surface area contributed by atoms with Crippen molar-refractivity contribution in [1.29, 1.82) is 0 Å². The van der Waals surface area contributed by atoms with Crippen LogP contribution in [0.5, 0.6) is 5.75 Å². The van der Waals surface area contributed by atoms with Crippen molar-refractivity contribution in [2.75, 3.05) is 12.5 Å². The molecule has 0 unspecified atom stereocenters. The predicted octanol–water partition coefficient (Wildman–Crippen LogP) is 1.31. The molecule has 0 amide bonds. The summed E-state index contributed by atoms with van der Waals surface area (Å²) in [6.45, 7) is 0. The van der Waals surface area contributed by atoms with Gasteiger partial charge in [-0.3, -0.25) is 16.0 Å². The normalized spacial score (nSPS) is 8.71. The van der Waals surface area contributed by atoms with Gasteiger partial charge in [0.05, 0.1) is 12.0 Å². The summed E-state index contributed by atoms with van der Waals surface area (Å²) < 4.78 is 4.81. The highest BCUT2D eigenvalue weighted by Crippen LogP contribution is 2.33. The van der Waals surface area contributed by atoms with E-state index in [4.69, 9.17) is 10.6 Å².